The second-order valence-corrected chi connectivity index (χ2v) is 3.10. The summed E-state index contributed by atoms with van der Waals surface area (Å²) in [4.78, 5) is 18.2. The van der Waals surface area contributed by atoms with Crippen molar-refractivity contribution in [1.82, 2.24) is 9.97 Å². The molecule has 0 saturated carbocycles. The van der Waals surface area contributed by atoms with E-state index in [2.05, 4.69) is 25.9 Å². The Morgan fingerprint density at radius 2 is 2.09 bits per heavy atom. The second-order valence-electron chi connectivity index (χ2n) is 2.18. The molecule has 0 spiro atoms. The first-order chi connectivity index (χ1) is 5.24. The van der Waals surface area contributed by atoms with Crippen LogP contribution in [0.1, 0.15) is 18.7 Å². The zero-order valence-electron chi connectivity index (χ0n) is 5.99. The van der Waals surface area contributed by atoms with Gasteiger partial charge >= 0.3 is 0 Å². The number of aldehydes is 1. The molecule has 4 heteroatoms. The molecule has 1 aromatic heterocycles. The van der Waals surface area contributed by atoms with Crippen LogP contribution in [0.25, 0.3) is 0 Å². The first-order valence-corrected chi connectivity index (χ1v) is 3.96. The molecule has 0 amide bonds. The van der Waals surface area contributed by atoms with Crippen LogP contribution < -0.4 is 0 Å². The molecule has 0 radical (unpaired) electrons. The van der Waals surface area contributed by atoms with Crippen molar-refractivity contribution in [1.29, 1.82) is 0 Å². The standard InChI is InChI=1S/C7H7BrN2O/c1-5(4-11)7-9-2-6(8)3-10-7/h2-5H,1H3. The zero-order valence-corrected chi connectivity index (χ0v) is 7.58. The van der Waals surface area contributed by atoms with Gasteiger partial charge in [-0.05, 0) is 22.9 Å². The van der Waals surface area contributed by atoms with Gasteiger partial charge in [0.1, 0.15) is 12.1 Å². The topological polar surface area (TPSA) is 42.9 Å². The van der Waals surface area contributed by atoms with Gasteiger partial charge in [0.15, 0.2) is 0 Å². The van der Waals surface area contributed by atoms with Gasteiger partial charge in [0.05, 0.1) is 10.4 Å². The van der Waals surface area contributed by atoms with Crippen molar-refractivity contribution in [2.24, 2.45) is 0 Å². The van der Waals surface area contributed by atoms with E-state index >= 15 is 0 Å². The first-order valence-electron chi connectivity index (χ1n) is 3.17. The van der Waals surface area contributed by atoms with Crippen LogP contribution in [-0.4, -0.2) is 16.3 Å². The largest absolute Gasteiger partial charge is 0.303 e. The Morgan fingerprint density at radius 1 is 1.55 bits per heavy atom. The summed E-state index contributed by atoms with van der Waals surface area (Å²) < 4.78 is 0.819. The van der Waals surface area contributed by atoms with E-state index in [4.69, 9.17) is 0 Å². The van der Waals surface area contributed by atoms with E-state index in [1.807, 2.05) is 0 Å². The van der Waals surface area contributed by atoms with Crippen molar-refractivity contribution < 1.29 is 4.79 Å². The Kier molecular flexibility index (Phi) is 2.70. The summed E-state index contributed by atoms with van der Waals surface area (Å²) in [6.07, 6.45) is 4.08. The summed E-state index contributed by atoms with van der Waals surface area (Å²) in [5.74, 6) is 0.339. The third-order valence-corrected chi connectivity index (χ3v) is 1.66. The molecular formula is C7H7BrN2O. The van der Waals surface area contributed by atoms with Crippen LogP contribution in [0.5, 0.6) is 0 Å². The van der Waals surface area contributed by atoms with E-state index < -0.39 is 0 Å². The summed E-state index contributed by atoms with van der Waals surface area (Å²) in [6, 6.07) is 0. The highest BCUT2D eigenvalue weighted by Crippen LogP contribution is 2.09. The maximum atomic E-state index is 10.3. The van der Waals surface area contributed by atoms with Crippen LogP contribution in [0.15, 0.2) is 16.9 Å². The lowest BCUT2D eigenvalue weighted by atomic mass is 10.2. The molecule has 58 valence electrons. The molecule has 11 heavy (non-hydrogen) atoms. The molecule has 1 unspecified atom stereocenters. The lowest BCUT2D eigenvalue weighted by Crippen LogP contribution is -2.00. The fourth-order valence-corrected chi connectivity index (χ4v) is 0.823. The Bertz CT molecular complexity index is 247. The van der Waals surface area contributed by atoms with Crippen molar-refractivity contribution in [3.8, 4) is 0 Å². The number of hydrogen-bond donors (Lipinski definition) is 0. The zero-order chi connectivity index (χ0) is 8.27. The quantitative estimate of drug-likeness (QED) is 0.702. The molecule has 0 bridgehead atoms. The summed E-state index contributed by atoms with van der Waals surface area (Å²) >= 11 is 3.20. The van der Waals surface area contributed by atoms with Crippen molar-refractivity contribution in [3.63, 3.8) is 0 Å². The highest BCUT2D eigenvalue weighted by Gasteiger charge is 2.05. The van der Waals surface area contributed by atoms with Gasteiger partial charge in [0.25, 0.3) is 0 Å². The molecule has 0 saturated heterocycles. The van der Waals surface area contributed by atoms with E-state index in [0.717, 1.165) is 10.8 Å². The van der Waals surface area contributed by atoms with E-state index in [0.29, 0.717) is 5.82 Å². The van der Waals surface area contributed by atoms with Crippen LogP contribution in [0, 0.1) is 0 Å². The monoisotopic (exact) mass is 214 g/mol. The summed E-state index contributed by atoms with van der Waals surface area (Å²) in [5.41, 5.74) is 0. The predicted molar refractivity (Wildman–Crippen MR) is 44.2 cm³/mol. The van der Waals surface area contributed by atoms with Crippen LogP contribution in [-0.2, 0) is 4.79 Å². The summed E-state index contributed by atoms with van der Waals surface area (Å²) in [5, 5.41) is 0. The predicted octanol–water partition coefficient (Wildman–Crippen LogP) is 1.54. The van der Waals surface area contributed by atoms with Gasteiger partial charge in [-0.15, -0.1) is 0 Å². The highest BCUT2D eigenvalue weighted by atomic mass is 79.9. The van der Waals surface area contributed by atoms with Crippen molar-refractivity contribution in [2.75, 3.05) is 0 Å². The third kappa shape index (κ3) is 2.08. The lowest BCUT2D eigenvalue weighted by molar-refractivity contribution is -0.108. The molecule has 0 fully saturated rings. The highest BCUT2D eigenvalue weighted by molar-refractivity contribution is 9.10. The van der Waals surface area contributed by atoms with Gasteiger partial charge in [0, 0.05) is 12.4 Å². The van der Waals surface area contributed by atoms with Crippen molar-refractivity contribution in [3.05, 3.63) is 22.7 Å². The third-order valence-electron chi connectivity index (χ3n) is 1.25. The van der Waals surface area contributed by atoms with E-state index in [-0.39, 0.29) is 5.92 Å². The van der Waals surface area contributed by atoms with Crippen LogP contribution in [0.2, 0.25) is 0 Å². The van der Waals surface area contributed by atoms with E-state index in [1.165, 1.54) is 0 Å². The minimum absolute atomic E-state index is 0.219. The maximum Gasteiger partial charge on any atom is 0.138 e. The smallest absolute Gasteiger partial charge is 0.138 e. The number of carbonyl (C=O) groups excluding carboxylic acids is 1. The summed E-state index contributed by atoms with van der Waals surface area (Å²) in [6.45, 7) is 1.76. The molecule has 0 N–H and O–H groups in total. The molecular weight excluding hydrogens is 208 g/mol. The maximum absolute atomic E-state index is 10.3. The molecule has 0 aliphatic rings. The van der Waals surface area contributed by atoms with Crippen LogP contribution >= 0.6 is 15.9 Å². The fourth-order valence-electron chi connectivity index (χ4n) is 0.618. The van der Waals surface area contributed by atoms with Gasteiger partial charge in [-0.3, -0.25) is 0 Å². The lowest BCUT2D eigenvalue weighted by Gasteiger charge is -1.99. The SMILES string of the molecule is CC(C=O)c1ncc(Br)cn1. The van der Waals surface area contributed by atoms with Gasteiger partial charge in [0.2, 0.25) is 0 Å². The van der Waals surface area contributed by atoms with Crippen LogP contribution in [0.4, 0.5) is 0 Å². The number of nitrogens with zero attached hydrogens (tertiary/aromatic N) is 2. The number of halogens is 1. The molecule has 1 aromatic rings. The fraction of sp³-hybridized carbons (Fsp3) is 0.286. The minimum Gasteiger partial charge on any atom is -0.303 e. The molecule has 0 aromatic carbocycles. The summed E-state index contributed by atoms with van der Waals surface area (Å²) in [7, 11) is 0. The van der Waals surface area contributed by atoms with Gasteiger partial charge in [-0.1, -0.05) is 0 Å². The first kappa shape index (κ1) is 8.33. The van der Waals surface area contributed by atoms with E-state index in [9.17, 15) is 4.79 Å². The Balaban J connectivity index is 2.89. The van der Waals surface area contributed by atoms with Gasteiger partial charge < -0.3 is 4.79 Å². The van der Waals surface area contributed by atoms with Crippen molar-refractivity contribution in [2.45, 2.75) is 12.8 Å². The van der Waals surface area contributed by atoms with Crippen molar-refractivity contribution >= 4 is 22.2 Å². The number of rotatable bonds is 2. The minimum atomic E-state index is -0.219. The van der Waals surface area contributed by atoms with Gasteiger partial charge in [-0.2, -0.15) is 0 Å². The number of aromatic nitrogens is 2. The second kappa shape index (κ2) is 3.57. The number of hydrogen-bond acceptors (Lipinski definition) is 3. The van der Waals surface area contributed by atoms with E-state index in [1.54, 1.807) is 19.3 Å². The molecule has 1 atom stereocenters. The Morgan fingerprint density at radius 3 is 2.55 bits per heavy atom. The average Bonchev–Trinajstić information content (AvgIpc) is 2.05. The number of carbonyl (C=O) groups is 1. The van der Waals surface area contributed by atoms with Crippen LogP contribution in [0.3, 0.4) is 0 Å². The van der Waals surface area contributed by atoms with Gasteiger partial charge in [-0.25, -0.2) is 9.97 Å². The molecule has 0 aliphatic heterocycles. The molecule has 1 heterocycles. The Labute approximate surface area is 73.0 Å². The normalized spacial score (nSPS) is 12.5. The Hall–Kier alpha value is -0.770. The molecule has 0 aliphatic carbocycles. The molecule has 1 rings (SSSR count). The molecule has 3 nitrogen and oxygen atoms in total. The average molecular weight is 215 g/mol.